The van der Waals surface area contributed by atoms with Crippen LogP contribution < -0.4 is 9.47 Å². The number of aldehydes is 1. The number of benzene rings is 1. The van der Waals surface area contributed by atoms with Crippen LogP contribution in [-0.4, -0.2) is 32.1 Å². The lowest BCUT2D eigenvalue weighted by Crippen LogP contribution is -2.26. The van der Waals surface area contributed by atoms with Crippen molar-refractivity contribution in [3.8, 4) is 11.5 Å². The first-order chi connectivity index (χ1) is 8.62. The molecule has 0 saturated heterocycles. The van der Waals surface area contributed by atoms with Gasteiger partial charge in [0.1, 0.15) is 6.29 Å². The van der Waals surface area contributed by atoms with E-state index in [2.05, 4.69) is 0 Å². The van der Waals surface area contributed by atoms with E-state index in [9.17, 15) is 9.59 Å². The van der Waals surface area contributed by atoms with E-state index >= 15 is 0 Å². The summed E-state index contributed by atoms with van der Waals surface area (Å²) in [6.07, 6.45) is -0.0258. The zero-order valence-corrected chi connectivity index (χ0v) is 10.6. The summed E-state index contributed by atoms with van der Waals surface area (Å²) in [6.45, 7) is 3.61. The van der Waals surface area contributed by atoms with E-state index in [0.29, 0.717) is 30.0 Å². The van der Waals surface area contributed by atoms with Crippen LogP contribution in [0, 0.1) is 0 Å². The Morgan fingerprint density at radius 1 is 1.39 bits per heavy atom. The van der Waals surface area contributed by atoms with Crippen molar-refractivity contribution in [1.29, 1.82) is 0 Å². The number of rotatable bonds is 6. The van der Waals surface area contributed by atoms with Crippen LogP contribution in [-0.2, 0) is 9.53 Å². The monoisotopic (exact) mass is 252 g/mol. The predicted molar refractivity (Wildman–Crippen MR) is 65.1 cm³/mol. The first-order valence-corrected chi connectivity index (χ1v) is 5.58. The second-order valence-electron chi connectivity index (χ2n) is 3.54. The molecule has 98 valence electrons. The molecule has 0 bridgehead atoms. The first kappa shape index (κ1) is 14.0. The van der Waals surface area contributed by atoms with Crippen LogP contribution in [0.4, 0.5) is 0 Å². The Bertz CT molecular complexity index is 427. The molecule has 1 unspecified atom stereocenters. The fraction of sp³-hybridized carbons (Fsp3) is 0.385. The van der Waals surface area contributed by atoms with Gasteiger partial charge in [0.05, 0.1) is 13.7 Å². The molecule has 18 heavy (non-hydrogen) atoms. The van der Waals surface area contributed by atoms with Crippen LogP contribution in [0.2, 0.25) is 0 Å². The first-order valence-electron chi connectivity index (χ1n) is 5.58. The molecule has 0 aliphatic heterocycles. The number of ether oxygens (including phenoxy) is 3. The Balaban J connectivity index is 2.83. The minimum Gasteiger partial charge on any atom is -0.493 e. The number of carbonyl (C=O) groups is 2. The highest BCUT2D eigenvalue weighted by atomic mass is 16.6. The molecule has 1 atom stereocenters. The topological polar surface area (TPSA) is 61.8 Å². The lowest BCUT2D eigenvalue weighted by molar-refractivity contribution is -0.150. The van der Waals surface area contributed by atoms with Crippen molar-refractivity contribution in [2.45, 2.75) is 20.0 Å². The van der Waals surface area contributed by atoms with Crippen LogP contribution in [0.15, 0.2) is 18.2 Å². The fourth-order valence-corrected chi connectivity index (χ4v) is 1.35. The van der Waals surface area contributed by atoms with Crippen molar-refractivity contribution in [2.75, 3.05) is 13.7 Å². The van der Waals surface area contributed by atoms with Crippen LogP contribution in [0.25, 0.3) is 0 Å². The van der Waals surface area contributed by atoms with Gasteiger partial charge in [-0.2, -0.15) is 0 Å². The van der Waals surface area contributed by atoms with Crippen LogP contribution in [0.1, 0.15) is 24.2 Å². The highest BCUT2D eigenvalue weighted by Crippen LogP contribution is 2.28. The van der Waals surface area contributed by atoms with Crippen molar-refractivity contribution in [2.24, 2.45) is 0 Å². The smallest absolute Gasteiger partial charge is 0.347 e. The summed E-state index contributed by atoms with van der Waals surface area (Å²) in [5.41, 5.74) is 0.475. The maximum absolute atomic E-state index is 11.4. The Labute approximate surface area is 106 Å². The number of hydrogen-bond acceptors (Lipinski definition) is 5. The molecule has 0 N–H and O–H groups in total. The maximum atomic E-state index is 11.4. The van der Waals surface area contributed by atoms with Gasteiger partial charge < -0.3 is 14.2 Å². The summed E-state index contributed by atoms with van der Waals surface area (Å²) in [7, 11) is 1.46. The van der Waals surface area contributed by atoms with Gasteiger partial charge in [-0.3, -0.25) is 4.79 Å². The summed E-state index contributed by atoms with van der Waals surface area (Å²) < 4.78 is 15.4. The zero-order valence-electron chi connectivity index (χ0n) is 10.6. The van der Waals surface area contributed by atoms with Gasteiger partial charge in [-0.05, 0) is 32.0 Å². The third-order valence-electron chi connectivity index (χ3n) is 2.25. The van der Waals surface area contributed by atoms with Gasteiger partial charge in [-0.1, -0.05) is 0 Å². The molecule has 0 heterocycles. The van der Waals surface area contributed by atoms with E-state index in [1.54, 1.807) is 32.0 Å². The van der Waals surface area contributed by atoms with E-state index in [1.807, 2.05) is 0 Å². The molecular formula is C13H16O5. The Morgan fingerprint density at radius 3 is 2.67 bits per heavy atom. The predicted octanol–water partition coefficient (Wildman–Crippen LogP) is 1.84. The van der Waals surface area contributed by atoms with Gasteiger partial charge in [0, 0.05) is 5.56 Å². The normalized spacial score (nSPS) is 11.5. The van der Waals surface area contributed by atoms with Crippen molar-refractivity contribution in [3.63, 3.8) is 0 Å². The van der Waals surface area contributed by atoms with Crippen LogP contribution >= 0.6 is 0 Å². The Morgan fingerprint density at radius 2 is 2.11 bits per heavy atom. The molecule has 0 aliphatic rings. The van der Waals surface area contributed by atoms with E-state index < -0.39 is 12.1 Å². The third kappa shape index (κ3) is 3.48. The molecule has 0 amide bonds. The minimum atomic E-state index is -0.735. The van der Waals surface area contributed by atoms with Crippen molar-refractivity contribution in [1.82, 2.24) is 0 Å². The summed E-state index contributed by atoms with van der Waals surface area (Å²) >= 11 is 0. The number of esters is 1. The van der Waals surface area contributed by atoms with E-state index in [4.69, 9.17) is 14.2 Å². The summed E-state index contributed by atoms with van der Waals surface area (Å²) in [5, 5.41) is 0. The van der Waals surface area contributed by atoms with Gasteiger partial charge in [0.15, 0.2) is 17.6 Å². The Hall–Kier alpha value is -2.04. The molecule has 0 spiro atoms. The Kier molecular flexibility index (Phi) is 5.17. The molecule has 0 fully saturated rings. The second-order valence-corrected chi connectivity index (χ2v) is 3.54. The van der Waals surface area contributed by atoms with E-state index in [0.717, 1.165) is 0 Å². The lowest BCUT2D eigenvalue weighted by atomic mass is 10.2. The van der Waals surface area contributed by atoms with Crippen LogP contribution in [0.5, 0.6) is 11.5 Å². The summed E-state index contributed by atoms with van der Waals surface area (Å²) in [4.78, 5) is 22.1. The second kappa shape index (κ2) is 6.64. The molecule has 5 heteroatoms. The van der Waals surface area contributed by atoms with Gasteiger partial charge in [-0.25, -0.2) is 4.79 Å². The molecule has 0 radical (unpaired) electrons. The van der Waals surface area contributed by atoms with Crippen molar-refractivity contribution >= 4 is 12.3 Å². The lowest BCUT2D eigenvalue weighted by Gasteiger charge is -2.15. The highest BCUT2D eigenvalue weighted by molar-refractivity contribution is 5.77. The van der Waals surface area contributed by atoms with Gasteiger partial charge in [-0.15, -0.1) is 0 Å². The summed E-state index contributed by atoms with van der Waals surface area (Å²) in [5.74, 6) is 0.346. The molecule has 1 aromatic carbocycles. The van der Waals surface area contributed by atoms with Crippen molar-refractivity contribution in [3.05, 3.63) is 23.8 Å². The van der Waals surface area contributed by atoms with Gasteiger partial charge in [0.2, 0.25) is 0 Å². The average molecular weight is 252 g/mol. The van der Waals surface area contributed by atoms with Crippen molar-refractivity contribution < 1.29 is 23.8 Å². The molecular weight excluding hydrogens is 236 g/mol. The quantitative estimate of drug-likeness (QED) is 0.571. The van der Waals surface area contributed by atoms with E-state index in [1.165, 1.54) is 7.11 Å². The van der Waals surface area contributed by atoms with Gasteiger partial charge >= 0.3 is 5.97 Å². The van der Waals surface area contributed by atoms with Gasteiger partial charge in [0.25, 0.3) is 0 Å². The molecule has 0 saturated carbocycles. The number of methoxy groups -OCH3 is 1. The fourth-order valence-electron chi connectivity index (χ4n) is 1.35. The minimum absolute atomic E-state index is 0.299. The maximum Gasteiger partial charge on any atom is 0.347 e. The summed E-state index contributed by atoms with van der Waals surface area (Å²) in [6, 6.07) is 4.71. The molecule has 1 rings (SSSR count). The van der Waals surface area contributed by atoms with Crippen LogP contribution in [0.3, 0.4) is 0 Å². The number of hydrogen-bond donors (Lipinski definition) is 0. The standard InChI is InChI=1S/C13H16O5/c1-4-17-13(15)9(2)18-11-6-5-10(8-14)7-12(11)16-3/h5-9H,4H2,1-3H3. The molecule has 0 aromatic heterocycles. The molecule has 1 aromatic rings. The molecule has 5 nitrogen and oxygen atoms in total. The third-order valence-corrected chi connectivity index (χ3v) is 2.25. The molecule has 0 aliphatic carbocycles. The number of carbonyl (C=O) groups excluding carboxylic acids is 2. The largest absolute Gasteiger partial charge is 0.493 e. The average Bonchev–Trinajstić information content (AvgIpc) is 2.39. The van der Waals surface area contributed by atoms with E-state index in [-0.39, 0.29) is 0 Å². The SMILES string of the molecule is CCOC(=O)C(C)Oc1ccc(C=O)cc1OC. The highest BCUT2D eigenvalue weighted by Gasteiger charge is 2.17. The zero-order chi connectivity index (χ0) is 13.5.